The number of carbonyl (C=O) groups excluding carboxylic acids is 1. The van der Waals surface area contributed by atoms with Crippen molar-refractivity contribution < 1.29 is 31.1 Å². The lowest BCUT2D eigenvalue weighted by Gasteiger charge is -2.25. The molecule has 4 aromatic rings. The van der Waals surface area contributed by atoms with Crippen LogP contribution in [-0.4, -0.2) is 20.9 Å². The highest BCUT2D eigenvalue weighted by molar-refractivity contribution is 7.92. The van der Waals surface area contributed by atoms with Crippen LogP contribution in [-0.2, 0) is 22.7 Å². The van der Waals surface area contributed by atoms with Crippen molar-refractivity contribution in [1.29, 1.82) is 0 Å². The summed E-state index contributed by atoms with van der Waals surface area (Å²) in [4.78, 5) is 12.8. The van der Waals surface area contributed by atoms with E-state index in [4.69, 9.17) is 4.74 Å². The third-order valence-corrected chi connectivity index (χ3v) is 7.86. The number of hydrogen-bond acceptors (Lipinski definition) is 4. The summed E-state index contributed by atoms with van der Waals surface area (Å²) in [6, 6.07) is 23.9. The molecule has 0 saturated carbocycles. The van der Waals surface area contributed by atoms with Gasteiger partial charge in [0.05, 0.1) is 35.0 Å². The van der Waals surface area contributed by atoms with Crippen LogP contribution < -0.4 is 14.4 Å². The van der Waals surface area contributed by atoms with E-state index in [-0.39, 0.29) is 22.7 Å². The monoisotopic (exact) mass is 568 g/mol. The first kappa shape index (κ1) is 28.7. The minimum absolute atomic E-state index is 0.0526. The number of para-hydroxylation sites is 1. The second-order valence-electron chi connectivity index (χ2n) is 8.95. The zero-order valence-electron chi connectivity index (χ0n) is 21.8. The number of benzene rings is 4. The third-order valence-electron chi connectivity index (χ3n) is 6.07. The van der Waals surface area contributed by atoms with Gasteiger partial charge < -0.3 is 10.1 Å². The predicted octanol–water partition coefficient (Wildman–Crippen LogP) is 7.06. The highest BCUT2D eigenvalue weighted by Crippen LogP contribution is 2.35. The largest absolute Gasteiger partial charge is 0.494 e. The zero-order chi connectivity index (χ0) is 28.9. The number of nitrogens with one attached hydrogen (secondary N) is 1. The first-order chi connectivity index (χ1) is 19.0. The van der Waals surface area contributed by atoms with Crippen molar-refractivity contribution in [2.24, 2.45) is 0 Å². The maximum Gasteiger partial charge on any atom is 0.418 e. The molecular formula is C30H27F3N2O4S. The smallest absolute Gasteiger partial charge is 0.418 e. The molecule has 208 valence electrons. The van der Waals surface area contributed by atoms with Gasteiger partial charge in [0.15, 0.2) is 0 Å². The molecule has 0 unspecified atom stereocenters. The molecule has 10 heteroatoms. The van der Waals surface area contributed by atoms with Gasteiger partial charge in [-0.1, -0.05) is 42.0 Å². The number of hydrogen-bond donors (Lipinski definition) is 1. The number of nitrogens with zero attached hydrogens (tertiary/aromatic N) is 1. The van der Waals surface area contributed by atoms with Crippen LogP contribution in [0.25, 0.3) is 0 Å². The maximum atomic E-state index is 13.7. The van der Waals surface area contributed by atoms with Gasteiger partial charge in [0.2, 0.25) is 0 Å². The second-order valence-corrected chi connectivity index (χ2v) is 10.8. The summed E-state index contributed by atoms with van der Waals surface area (Å²) >= 11 is 0. The van der Waals surface area contributed by atoms with Crippen molar-refractivity contribution in [1.82, 2.24) is 0 Å². The fourth-order valence-electron chi connectivity index (χ4n) is 3.99. The highest BCUT2D eigenvalue weighted by Gasteiger charge is 2.33. The summed E-state index contributed by atoms with van der Waals surface area (Å²) in [7, 11) is -3.97. The standard InChI is InChI=1S/C30H27F3N2O4S/c1-3-39-25-16-14-24(15-17-25)35(40(37,38)26-18-8-21(2)9-19-26)20-22-10-12-23(13-11-22)29(36)34-28-7-5-4-6-27(28)30(31,32)33/h4-19H,3,20H2,1-2H3,(H,34,36). The van der Waals surface area contributed by atoms with Gasteiger partial charge >= 0.3 is 6.18 Å². The number of aryl methyl sites for hydroxylation is 1. The summed E-state index contributed by atoms with van der Waals surface area (Å²) in [6.45, 7) is 4.12. The first-order valence-electron chi connectivity index (χ1n) is 12.4. The van der Waals surface area contributed by atoms with Crippen molar-refractivity contribution in [3.8, 4) is 5.75 Å². The molecule has 0 spiro atoms. The fourth-order valence-corrected chi connectivity index (χ4v) is 5.44. The third kappa shape index (κ3) is 6.63. The Morgan fingerprint density at radius 3 is 2.10 bits per heavy atom. The van der Waals surface area contributed by atoms with E-state index >= 15 is 0 Å². The average molecular weight is 569 g/mol. The van der Waals surface area contributed by atoms with Gasteiger partial charge in [-0.25, -0.2) is 8.42 Å². The van der Waals surface area contributed by atoms with Gasteiger partial charge in [-0.2, -0.15) is 13.2 Å². The second kappa shape index (κ2) is 11.8. The molecule has 4 rings (SSSR count). The summed E-state index contributed by atoms with van der Waals surface area (Å²) in [6.07, 6.45) is -4.62. The molecule has 0 bridgehead atoms. The summed E-state index contributed by atoms with van der Waals surface area (Å²) in [5.41, 5.74) is 0.710. The molecule has 0 aliphatic rings. The normalized spacial score (nSPS) is 11.6. The van der Waals surface area contributed by atoms with E-state index in [2.05, 4.69) is 5.32 Å². The number of sulfonamides is 1. The molecule has 0 aliphatic heterocycles. The molecule has 0 radical (unpaired) electrons. The molecule has 6 nitrogen and oxygen atoms in total. The van der Waals surface area contributed by atoms with Gasteiger partial charge in [0.1, 0.15) is 5.75 Å². The number of anilines is 2. The topological polar surface area (TPSA) is 75.7 Å². The SMILES string of the molecule is CCOc1ccc(N(Cc2ccc(C(=O)Nc3ccccc3C(F)(F)F)cc2)S(=O)(=O)c2ccc(C)cc2)cc1. The summed E-state index contributed by atoms with van der Waals surface area (Å²) < 4.78 is 74.0. The molecule has 40 heavy (non-hydrogen) atoms. The number of ether oxygens (including phenoxy) is 1. The molecule has 1 amide bonds. The quantitative estimate of drug-likeness (QED) is 0.235. The number of amides is 1. The van der Waals surface area contributed by atoms with Gasteiger partial charge in [0, 0.05) is 5.56 Å². The Labute approximate surface area is 231 Å². The molecular weight excluding hydrogens is 541 g/mol. The van der Waals surface area contributed by atoms with E-state index < -0.39 is 27.7 Å². The van der Waals surface area contributed by atoms with E-state index in [1.165, 1.54) is 34.6 Å². The number of alkyl halides is 3. The lowest BCUT2D eigenvalue weighted by atomic mass is 10.1. The summed E-state index contributed by atoms with van der Waals surface area (Å²) in [5, 5.41) is 2.31. The number of halogens is 3. The lowest BCUT2D eigenvalue weighted by molar-refractivity contribution is -0.136. The van der Waals surface area contributed by atoms with Crippen LogP contribution in [0.15, 0.2) is 102 Å². The van der Waals surface area contributed by atoms with E-state index in [9.17, 15) is 26.4 Å². The van der Waals surface area contributed by atoms with Gasteiger partial charge in [-0.15, -0.1) is 0 Å². The van der Waals surface area contributed by atoms with Gasteiger partial charge in [0.25, 0.3) is 15.9 Å². The van der Waals surface area contributed by atoms with Crippen LogP contribution in [0.2, 0.25) is 0 Å². The number of rotatable bonds is 9. The van der Waals surface area contributed by atoms with E-state index in [0.29, 0.717) is 23.6 Å². The van der Waals surface area contributed by atoms with Crippen LogP contribution in [0.3, 0.4) is 0 Å². The van der Waals surface area contributed by atoms with Crippen molar-refractivity contribution in [2.45, 2.75) is 31.5 Å². The van der Waals surface area contributed by atoms with Crippen LogP contribution >= 0.6 is 0 Å². The molecule has 0 fully saturated rings. The van der Waals surface area contributed by atoms with Crippen molar-refractivity contribution in [3.63, 3.8) is 0 Å². The maximum absolute atomic E-state index is 13.7. The van der Waals surface area contributed by atoms with Crippen molar-refractivity contribution >= 4 is 27.3 Å². The minimum atomic E-state index is -4.62. The highest BCUT2D eigenvalue weighted by atomic mass is 32.2. The van der Waals surface area contributed by atoms with E-state index in [1.807, 2.05) is 13.8 Å². The first-order valence-corrected chi connectivity index (χ1v) is 13.8. The Morgan fingerprint density at radius 2 is 1.50 bits per heavy atom. The van der Waals surface area contributed by atoms with E-state index in [1.54, 1.807) is 60.7 Å². The Bertz CT molecular complexity index is 1570. The minimum Gasteiger partial charge on any atom is -0.494 e. The Kier molecular flexibility index (Phi) is 8.49. The lowest BCUT2D eigenvalue weighted by Crippen LogP contribution is -2.30. The molecule has 0 aliphatic carbocycles. The number of carbonyl (C=O) groups is 1. The van der Waals surface area contributed by atoms with Crippen LogP contribution in [0.4, 0.5) is 24.5 Å². The zero-order valence-corrected chi connectivity index (χ0v) is 22.6. The van der Waals surface area contributed by atoms with Crippen LogP contribution in [0.5, 0.6) is 5.75 Å². The predicted molar refractivity (Wildman–Crippen MR) is 148 cm³/mol. The van der Waals surface area contributed by atoms with E-state index in [0.717, 1.165) is 11.6 Å². The van der Waals surface area contributed by atoms with Crippen LogP contribution in [0.1, 0.15) is 34.0 Å². The fraction of sp³-hybridized carbons (Fsp3) is 0.167. The van der Waals surface area contributed by atoms with Gasteiger partial charge in [-0.05, 0) is 80.1 Å². The van der Waals surface area contributed by atoms with Gasteiger partial charge in [-0.3, -0.25) is 9.10 Å². The summed E-state index contributed by atoms with van der Waals surface area (Å²) in [5.74, 6) is -0.125. The average Bonchev–Trinajstić information content (AvgIpc) is 2.92. The Morgan fingerprint density at radius 1 is 0.875 bits per heavy atom. The van der Waals surface area contributed by atoms with Crippen LogP contribution in [0, 0.1) is 6.92 Å². The Hall–Kier alpha value is -4.31. The van der Waals surface area contributed by atoms with Crippen molar-refractivity contribution in [3.05, 3.63) is 119 Å². The molecule has 0 saturated heterocycles. The molecule has 0 aromatic heterocycles. The molecule has 0 atom stereocenters. The Balaban J connectivity index is 1.60. The van der Waals surface area contributed by atoms with Crippen molar-refractivity contribution in [2.75, 3.05) is 16.2 Å². The molecule has 4 aromatic carbocycles. The molecule has 1 N–H and O–H groups in total. The molecule has 0 heterocycles.